The number of hydrogen-bond acceptors (Lipinski definition) is 10. The minimum atomic E-state index is -0.737. The average molecular weight is 484 g/mol. The predicted molar refractivity (Wildman–Crippen MR) is 131 cm³/mol. The first-order valence-corrected chi connectivity index (χ1v) is 11.3. The van der Waals surface area contributed by atoms with Crippen LogP contribution in [0.4, 0.5) is 10.5 Å². The molecule has 34 heavy (non-hydrogen) atoms. The number of rotatable bonds is 7. The van der Waals surface area contributed by atoms with Gasteiger partial charge in [-0.3, -0.25) is 0 Å². The van der Waals surface area contributed by atoms with E-state index in [0.717, 1.165) is 5.56 Å². The zero-order chi connectivity index (χ0) is 24.7. The van der Waals surface area contributed by atoms with Gasteiger partial charge in [0.25, 0.3) is 0 Å². The van der Waals surface area contributed by atoms with E-state index in [1.165, 1.54) is 26.0 Å². The predicted octanol–water partition coefficient (Wildman–Crippen LogP) is 4.17. The molecule has 0 spiro atoms. The van der Waals surface area contributed by atoms with Crippen LogP contribution in [0, 0.1) is 6.92 Å². The highest BCUT2D eigenvalue weighted by Crippen LogP contribution is 2.34. The van der Waals surface area contributed by atoms with E-state index in [1.807, 2.05) is 30.3 Å². The van der Waals surface area contributed by atoms with Crippen molar-refractivity contribution < 1.29 is 23.5 Å². The fourth-order valence-corrected chi connectivity index (χ4v) is 3.64. The molecule has 3 aromatic rings. The van der Waals surface area contributed by atoms with Crippen LogP contribution in [0.3, 0.4) is 0 Å². The Morgan fingerprint density at radius 3 is 2.41 bits per heavy atom. The summed E-state index contributed by atoms with van der Waals surface area (Å²) in [5.41, 5.74) is 9.15. The number of nitrogens with two attached hydrogens (primary N) is 1. The number of aryl methyl sites for hydroxylation is 1. The summed E-state index contributed by atoms with van der Waals surface area (Å²) < 4.78 is 20.7. The third-order valence-electron chi connectivity index (χ3n) is 4.71. The lowest BCUT2D eigenvalue weighted by Crippen LogP contribution is -2.16. The van der Waals surface area contributed by atoms with Crippen LogP contribution in [0.5, 0.6) is 11.5 Å². The summed E-state index contributed by atoms with van der Waals surface area (Å²) >= 11 is 1.26. The van der Waals surface area contributed by atoms with E-state index in [1.54, 1.807) is 26.4 Å². The number of carbonyl (C=O) groups is 1. The summed E-state index contributed by atoms with van der Waals surface area (Å²) in [5, 5.41) is 4.29. The number of benzene rings is 2. The van der Waals surface area contributed by atoms with Crippen molar-refractivity contribution in [1.29, 1.82) is 0 Å². The standard InChI is InChI=1S/C23H25N5O5S/c1-13-25-21(28-33-13)14-6-8-17(9-7-14)26-19(22(34-5)27-23(29)32-4)15-10-16(12-24)20(31-3)18(11-15)30-2/h6-11H,12,24H2,1-5H3/b26-19?,27-22-. The lowest BCUT2D eigenvalue weighted by atomic mass is 10.0. The van der Waals surface area contributed by atoms with Crippen molar-refractivity contribution in [3.8, 4) is 22.9 Å². The lowest BCUT2D eigenvalue weighted by Gasteiger charge is -2.16. The van der Waals surface area contributed by atoms with Crippen LogP contribution in [0.25, 0.3) is 11.4 Å². The van der Waals surface area contributed by atoms with Gasteiger partial charge in [0.05, 0.1) is 27.0 Å². The Morgan fingerprint density at radius 2 is 1.88 bits per heavy atom. The van der Waals surface area contributed by atoms with Gasteiger partial charge in [-0.05, 0) is 42.7 Å². The molecule has 1 amide bonds. The third kappa shape index (κ3) is 5.61. The molecule has 0 atom stereocenters. The van der Waals surface area contributed by atoms with Gasteiger partial charge in [0.1, 0.15) is 10.8 Å². The van der Waals surface area contributed by atoms with Gasteiger partial charge in [-0.2, -0.15) is 9.98 Å². The molecular weight excluding hydrogens is 458 g/mol. The smallest absolute Gasteiger partial charge is 0.434 e. The minimum Gasteiger partial charge on any atom is -0.493 e. The molecule has 1 aromatic heterocycles. The van der Waals surface area contributed by atoms with Gasteiger partial charge in [0.15, 0.2) is 11.5 Å². The summed E-state index contributed by atoms with van der Waals surface area (Å²) in [7, 11) is 4.35. The largest absolute Gasteiger partial charge is 0.493 e. The molecule has 0 aliphatic rings. The van der Waals surface area contributed by atoms with Crippen molar-refractivity contribution in [2.75, 3.05) is 27.6 Å². The van der Waals surface area contributed by atoms with Crippen LogP contribution in [0.15, 0.2) is 50.9 Å². The maximum absolute atomic E-state index is 12.0. The molecule has 0 bridgehead atoms. The molecule has 11 heteroatoms. The normalized spacial score (nSPS) is 11.9. The van der Waals surface area contributed by atoms with Crippen LogP contribution in [0.2, 0.25) is 0 Å². The molecule has 0 saturated heterocycles. The molecule has 10 nitrogen and oxygen atoms in total. The van der Waals surface area contributed by atoms with Crippen molar-refractivity contribution >= 4 is 34.3 Å². The molecule has 0 unspecified atom stereocenters. The van der Waals surface area contributed by atoms with E-state index >= 15 is 0 Å². The number of aromatic nitrogens is 2. The van der Waals surface area contributed by atoms with Crippen LogP contribution in [-0.4, -0.2) is 54.6 Å². The second-order valence-corrected chi connectivity index (χ2v) is 7.61. The molecule has 1 heterocycles. The molecule has 0 aliphatic heterocycles. The summed E-state index contributed by atoms with van der Waals surface area (Å²) in [5.74, 6) is 1.97. The van der Waals surface area contributed by atoms with Crippen LogP contribution in [-0.2, 0) is 11.3 Å². The molecule has 0 aliphatic carbocycles. The average Bonchev–Trinajstić information content (AvgIpc) is 3.31. The first-order valence-electron chi connectivity index (χ1n) is 10.1. The number of amides is 1. The Bertz CT molecular complexity index is 1200. The van der Waals surface area contributed by atoms with Gasteiger partial charge in [-0.1, -0.05) is 5.16 Å². The first-order chi connectivity index (χ1) is 16.4. The molecule has 0 fully saturated rings. The van der Waals surface area contributed by atoms with E-state index in [4.69, 9.17) is 29.5 Å². The highest BCUT2D eigenvalue weighted by Gasteiger charge is 2.19. The topological polar surface area (TPSA) is 134 Å². The Balaban J connectivity index is 2.16. The fourth-order valence-electron chi connectivity index (χ4n) is 3.12. The zero-order valence-electron chi connectivity index (χ0n) is 19.5. The van der Waals surface area contributed by atoms with E-state index in [9.17, 15) is 4.79 Å². The lowest BCUT2D eigenvalue weighted by molar-refractivity contribution is 0.183. The maximum Gasteiger partial charge on any atom is 0.434 e. The van der Waals surface area contributed by atoms with Gasteiger partial charge in [-0.25, -0.2) is 9.79 Å². The number of nitrogens with zero attached hydrogens (tertiary/aromatic N) is 4. The number of methoxy groups -OCH3 is 3. The number of thioether (sulfide) groups is 1. The second-order valence-electron chi connectivity index (χ2n) is 6.81. The molecule has 2 aromatic carbocycles. The minimum absolute atomic E-state index is 0.211. The van der Waals surface area contributed by atoms with Gasteiger partial charge in [0.2, 0.25) is 11.7 Å². The summed E-state index contributed by atoms with van der Waals surface area (Å²) in [6, 6.07) is 10.9. The Labute approximate surface area is 201 Å². The maximum atomic E-state index is 12.0. The fraction of sp³-hybridized carbons (Fsp3) is 0.261. The van der Waals surface area contributed by atoms with Gasteiger partial charge in [0, 0.05) is 30.2 Å². The molecule has 0 saturated carbocycles. The molecule has 3 rings (SSSR count). The van der Waals surface area contributed by atoms with Crippen LogP contribution >= 0.6 is 11.8 Å². The zero-order valence-corrected chi connectivity index (χ0v) is 20.3. The van der Waals surface area contributed by atoms with Crippen molar-refractivity contribution in [3.63, 3.8) is 0 Å². The number of carbonyl (C=O) groups excluding carboxylic acids is 1. The van der Waals surface area contributed by atoms with Crippen molar-refractivity contribution in [1.82, 2.24) is 10.1 Å². The molecule has 2 N–H and O–H groups in total. The molecule has 0 radical (unpaired) electrons. The number of aliphatic imine (C=N–C) groups is 2. The Morgan fingerprint density at radius 1 is 1.15 bits per heavy atom. The van der Waals surface area contributed by atoms with E-state index in [0.29, 0.717) is 50.8 Å². The summed E-state index contributed by atoms with van der Waals surface area (Å²) in [6.07, 6.45) is 1.06. The van der Waals surface area contributed by atoms with Crippen molar-refractivity contribution in [2.45, 2.75) is 13.5 Å². The van der Waals surface area contributed by atoms with Crippen molar-refractivity contribution in [2.24, 2.45) is 15.7 Å². The number of hydrogen-bond donors (Lipinski definition) is 1. The van der Waals surface area contributed by atoms with Gasteiger partial charge in [-0.15, -0.1) is 11.8 Å². The second kappa shape index (κ2) is 11.4. The molecular formula is C23H25N5O5S. The van der Waals surface area contributed by atoms with Crippen LogP contribution in [0.1, 0.15) is 17.0 Å². The van der Waals surface area contributed by atoms with E-state index in [-0.39, 0.29) is 6.54 Å². The quantitative estimate of drug-likeness (QED) is 0.388. The molecule has 178 valence electrons. The van der Waals surface area contributed by atoms with Crippen molar-refractivity contribution in [3.05, 3.63) is 53.4 Å². The SMILES string of the molecule is COC(=O)/N=C(\SC)C(=Nc1ccc(-c2noc(C)n2)cc1)c1cc(CN)c(OC)c(OC)c1. The Hall–Kier alpha value is -3.70. The number of ether oxygens (including phenoxy) is 3. The first kappa shape index (κ1) is 24.9. The highest BCUT2D eigenvalue weighted by molar-refractivity contribution is 8.15. The summed E-state index contributed by atoms with van der Waals surface area (Å²) in [6.45, 7) is 1.94. The highest BCUT2D eigenvalue weighted by atomic mass is 32.2. The Kier molecular flexibility index (Phi) is 8.39. The third-order valence-corrected chi connectivity index (χ3v) is 5.38. The van der Waals surface area contributed by atoms with E-state index in [2.05, 4.69) is 15.1 Å². The summed E-state index contributed by atoms with van der Waals surface area (Å²) in [4.78, 5) is 25.0. The van der Waals surface area contributed by atoms with Gasteiger partial charge >= 0.3 is 6.09 Å². The monoisotopic (exact) mass is 483 g/mol. The van der Waals surface area contributed by atoms with Crippen LogP contribution < -0.4 is 15.2 Å². The van der Waals surface area contributed by atoms with E-state index < -0.39 is 6.09 Å². The van der Waals surface area contributed by atoms with Gasteiger partial charge < -0.3 is 24.5 Å².